The average Bonchev–Trinajstić information content (AvgIpc) is 2.91. The van der Waals surface area contributed by atoms with Gasteiger partial charge in [-0.05, 0) is 30.5 Å². The summed E-state index contributed by atoms with van der Waals surface area (Å²) in [5.41, 5.74) is 2.12. The normalized spacial score (nSPS) is 17.1. The zero-order chi connectivity index (χ0) is 17.1. The molecule has 0 aliphatic carbocycles. The number of nitrogens with zero attached hydrogens (tertiary/aromatic N) is 2. The van der Waals surface area contributed by atoms with Gasteiger partial charge in [-0.25, -0.2) is 4.98 Å². The number of aromatic nitrogens is 2. The van der Waals surface area contributed by atoms with Gasteiger partial charge in [-0.2, -0.15) is 8.78 Å². The number of hydrogen-bond acceptors (Lipinski definition) is 3. The van der Waals surface area contributed by atoms with Crippen molar-refractivity contribution in [3.8, 4) is 5.75 Å². The van der Waals surface area contributed by atoms with Gasteiger partial charge in [0.2, 0.25) is 0 Å². The number of alkyl halides is 2. The van der Waals surface area contributed by atoms with E-state index in [0.29, 0.717) is 5.15 Å². The summed E-state index contributed by atoms with van der Waals surface area (Å²) in [4.78, 5) is 4.46. The van der Waals surface area contributed by atoms with Crippen LogP contribution in [0.1, 0.15) is 36.5 Å². The molecule has 0 radical (unpaired) electrons. The van der Waals surface area contributed by atoms with Crippen LogP contribution in [0.5, 0.6) is 5.75 Å². The third-order valence-corrected chi connectivity index (χ3v) is 4.56. The minimum Gasteiger partial charge on any atom is -0.435 e. The fraction of sp³-hybridized carbons (Fsp3) is 0.471. The lowest BCUT2D eigenvalue weighted by molar-refractivity contribution is -0.0498. The van der Waals surface area contributed by atoms with Gasteiger partial charge in [0.05, 0.1) is 11.7 Å². The number of hydrogen-bond donors (Lipinski definition) is 1. The van der Waals surface area contributed by atoms with Crippen LogP contribution in [0.15, 0.2) is 24.3 Å². The monoisotopic (exact) mass is 355 g/mol. The molecule has 7 heteroatoms. The summed E-state index contributed by atoms with van der Waals surface area (Å²) in [5, 5.41) is 4.07. The van der Waals surface area contributed by atoms with Crippen molar-refractivity contribution >= 4 is 11.6 Å². The van der Waals surface area contributed by atoms with Crippen LogP contribution >= 0.6 is 11.6 Å². The zero-order valence-electron chi connectivity index (χ0n) is 13.4. The van der Waals surface area contributed by atoms with Crippen LogP contribution in [0.4, 0.5) is 8.78 Å². The lowest BCUT2D eigenvalue weighted by Crippen LogP contribution is -2.34. The van der Waals surface area contributed by atoms with Gasteiger partial charge in [0, 0.05) is 19.5 Å². The number of rotatable bonds is 6. The van der Waals surface area contributed by atoms with Gasteiger partial charge >= 0.3 is 6.61 Å². The van der Waals surface area contributed by atoms with Crippen molar-refractivity contribution in [3.63, 3.8) is 0 Å². The van der Waals surface area contributed by atoms with Crippen molar-refractivity contribution in [2.24, 2.45) is 0 Å². The molecule has 1 atom stereocenters. The number of ether oxygens (including phenoxy) is 1. The minimum atomic E-state index is -2.79. The Balaban J connectivity index is 1.67. The second-order valence-corrected chi connectivity index (χ2v) is 6.14. The van der Waals surface area contributed by atoms with Crippen molar-refractivity contribution in [1.82, 2.24) is 14.9 Å². The second kappa shape index (κ2) is 7.49. The fourth-order valence-electron chi connectivity index (χ4n) is 3.17. The summed E-state index contributed by atoms with van der Waals surface area (Å²) >= 11 is 6.33. The van der Waals surface area contributed by atoms with Gasteiger partial charge in [-0.1, -0.05) is 30.7 Å². The predicted molar refractivity (Wildman–Crippen MR) is 88.8 cm³/mol. The maximum atomic E-state index is 12.2. The Bertz CT molecular complexity index is 688. The molecule has 2 heterocycles. The molecule has 0 bridgehead atoms. The second-order valence-electron chi connectivity index (χ2n) is 5.78. The van der Waals surface area contributed by atoms with E-state index in [-0.39, 0.29) is 11.8 Å². The van der Waals surface area contributed by atoms with Gasteiger partial charge in [-0.3, -0.25) is 0 Å². The Morgan fingerprint density at radius 1 is 1.38 bits per heavy atom. The van der Waals surface area contributed by atoms with Crippen molar-refractivity contribution in [2.45, 2.75) is 45.4 Å². The third-order valence-electron chi connectivity index (χ3n) is 4.28. The summed E-state index contributed by atoms with van der Waals surface area (Å²) < 4.78 is 30.9. The standard InChI is InChI=1S/C17H20ClF2N3O/c1-2-14-22-16(18)15-13(21-9-10-23(14)15)8-5-11-3-6-12(7-4-11)24-17(19)20/h3-4,6-7,13,17,21H,2,5,8-10H2,1H3. The van der Waals surface area contributed by atoms with E-state index in [1.54, 1.807) is 12.1 Å². The summed E-state index contributed by atoms with van der Waals surface area (Å²) in [6.45, 7) is 1.05. The van der Waals surface area contributed by atoms with Crippen LogP contribution in [0, 0.1) is 0 Å². The molecule has 2 aromatic rings. The molecule has 0 spiro atoms. The molecule has 3 rings (SSSR count). The predicted octanol–water partition coefficient (Wildman–Crippen LogP) is 3.98. The first-order valence-electron chi connectivity index (χ1n) is 8.10. The third kappa shape index (κ3) is 3.70. The highest BCUT2D eigenvalue weighted by Gasteiger charge is 2.26. The van der Waals surface area contributed by atoms with E-state index < -0.39 is 6.61 Å². The molecule has 1 unspecified atom stereocenters. The van der Waals surface area contributed by atoms with Crippen LogP contribution in [0.25, 0.3) is 0 Å². The molecule has 1 N–H and O–H groups in total. The molecule has 1 aliphatic rings. The van der Waals surface area contributed by atoms with Crippen LogP contribution in [-0.4, -0.2) is 22.7 Å². The van der Waals surface area contributed by atoms with E-state index in [2.05, 4.69) is 26.5 Å². The molecule has 24 heavy (non-hydrogen) atoms. The average molecular weight is 356 g/mol. The van der Waals surface area contributed by atoms with Crippen LogP contribution in [-0.2, 0) is 19.4 Å². The summed E-state index contributed by atoms with van der Waals surface area (Å²) in [6.07, 6.45) is 2.54. The van der Waals surface area contributed by atoms with E-state index in [0.717, 1.165) is 49.4 Å². The highest BCUT2D eigenvalue weighted by Crippen LogP contribution is 2.30. The first-order valence-corrected chi connectivity index (χ1v) is 8.48. The van der Waals surface area contributed by atoms with Crippen LogP contribution in [0.2, 0.25) is 5.15 Å². The van der Waals surface area contributed by atoms with Gasteiger partial charge in [0.25, 0.3) is 0 Å². The van der Waals surface area contributed by atoms with Crippen molar-refractivity contribution in [3.05, 3.63) is 46.5 Å². The number of nitrogens with one attached hydrogen (secondary N) is 1. The maximum Gasteiger partial charge on any atom is 0.387 e. The largest absolute Gasteiger partial charge is 0.435 e. The van der Waals surface area contributed by atoms with E-state index >= 15 is 0 Å². The van der Waals surface area contributed by atoms with E-state index in [1.165, 1.54) is 0 Å². The number of benzene rings is 1. The molecular weight excluding hydrogens is 336 g/mol. The Morgan fingerprint density at radius 2 is 2.12 bits per heavy atom. The Morgan fingerprint density at radius 3 is 2.79 bits per heavy atom. The Kier molecular flexibility index (Phi) is 5.36. The highest BCUT2D eigenvalue weighted by atomic mass is 35.5. The van der Waals surface area contributed by atoms with Gasteiger partial charge in [0.15, 0.2) is 5.15 Å². The van der Waals surface area contributed by atoms with E-state index in [1.807, 2.05) is 12.1 Å². The number of aryl methyl sites for hydroxylation is 2. The minimum absolute atomic E-state index is 0.149. The molecular formula is C17H20ClF2N3O. The van der Waals surface area contributed by atoms with Gasteiger partial charge in [-0.15, -0.1) is 0 Å². The molecule has 1 aromatic heterocycles. The molecule has 130 valence electrons. The molecule has 0 fully saturated rings. The van der Waals surface area contributed by atoms with Crippen molar-refractivity contribution in [2.75, 3.05) is 6.54 Å². The molecule has 4 nitrogen and oxygen atoms in total. The Labute approximate surface area is 144 Å². The molecule has 1 aromatic carbocycles. The topological polar surface area (TPSA) is 39.1 Å². The maximum absolute atomic E-state index is 12.2. The summed E-state index contributed by atoms with van der Waals surface area (Å²) in [7, 11) is 0. The van der Waals surface area contributed by atoms with E-state index in [9.17, 15) is 8.78 Å². The number of imidazole rings is 1. The molecule has 1 aliphatic heterocycles. The first-order chi connectivity index (χ1) is 11.6. The van der Waals surface area contributed by atoms with Crippen molar-refractivity contribution in [1.29, 1.82) is 0 Å². The first kappa shape index (κ1) is 17.2. The highest BCUT2D eigenvalue weighted by molar-refractivity contribution is 6.30. The zero-order valence-corrected chi connectivity index (χ0v) is 14.2. The van der Waals surface area contributed by atoms with E-state index in [4.69, 9.17) is 11.6 Å². The summed E-state index contributed by atoms with van der Waals surface area (Å²) in [5.74, 6) is 1.20. The molecule has 0 saturated heterocycles. The Hall–Kier alpha value is -1.66. The quantitative estimate of drug-likeness (QED) is 0.852. The lowest BCUT2D eigenvalue weighted by Gasteiger charge is -2.27. The van der Waals surface area contributed by atoms with Gasteiger partial charge < -0.3 is 14.6 Å². The van der Waals surface area contributed by atoms with Crippen molar-refractivity contribution < 1.29 is 13.5 Å². The SMILES string of the molecule is CCc1nc(Cl)c2n1CCNC2CCc1ccc(OC(F)F)cc1. The molecule has 0 amide bonds. The van der Waals surface area contributed by atoms with Crippen LogP contribution < -0.4 is 10.1 Å². The van der Waals surface area contributed by atoms with Crippen LogP contribution in [0.3, 0.4) is 0 Å². The fourth-order valence-corrected chi connectivity index (χ4v) is 3.50. The lowest BCUT2D eigenvalue weighted by atomic mass is 10.0. The summed E-state index contributed by atoms with van der Waals surface area (Å²) in [6, 6.07) is 6.93. The number of halogens is 3. The smallest absolute Gasteiger partial charge is 0.387 e. The van der Waals surface area contributed by atoms with Gasteiger partial charge in [0.1, 0.15) is 11.6 Å². The number of fused-ring (bicyclic) bond motifs is 1. The molecule has 0 saturated carbocycles.